The minimum Gasteiger partial charge on any atom is -0.134 e. The molecule has 2 aromatic carbocycles. The van der Waals surface area contributed by atoms with Crippen LogP contribution in [0, 0.1) is 3.57 Å². The fourth-order valence-corrected chi connectivity index (χ4v) is 4.23. The van der Waals surface area contributed by atoms with Crippen LogP contribution in [-0.4, -0.2) is 0 Å². The molecule has 0 amide bonds. The van der Waals surface area contributed by atoms with Crippen LogP contribution >= 0.6 is 33.9 Å². The summed E-state index contributed by atoms with van der Waals surface area (Å²) in [5, 5.41) is 2.88. The Morgan fingerprint density at radius 2 is 1.82 bits per heavy atom. The molecule has 3 aromatic rings. The molecule has 0 radical (unpaired) electrons. The molecule has 1 heterocycles. The Hall–Kier alpha value is -0.610. The minimum absolute atomic E-state index is 0.576. The highest BCUT2D eigenvalue weighted by molar-refractivity contribution is 14.1. The van der Waals surface area contributed by atoms with E-state index < -0.39 is 0 Å². The molecule has 0 aliphatic carbocycles. The lowest BCUT2D eigenvalue weighted by atomic mass is 9.97. The number of fused-ring (bicyclic) bond motifs is 3. The van der Waals surface area contributed by atoms with E-state index in [-0.39, 0.29) is 0 Å². The van der Waals surface area contributed by atoms with Gasteiger partial charge >= 0.3 is 0 Å². The van der Waals surface area contributed by atoms with Crippen LogP contribution in [0.2, 0.25) is 0 Å². The number of hydrogen-bond donors (Lipinski definition) is 0. The van der Waals surface area contributed by atoms with Crippen LogP contribution in [0.4, 0.5) is 0 Å². The molecule has 86 valence electrons. The first kappa shape index (κ1) is 11.5. The van der Waals surface area contributed by atoms with Gasteiger partial charge in [-0.3, -0.25) is 0 Å². The molecule has 17 heavy (non-hydrogen) atoms. The molecular formula is C15H13IS. The van der Waals surface area contributed by atoms with E-state index in [4.69, 9.17) is 0 Å². The van der Waals surface area contributed by atoms with Crippen molar-refractivity contribution in [2.45, 2.75) is 19.8 Å². The monoisotopic (exact) mass is 352 g/mol. The average Bonchev–Trinajstić information content (AvgIpc) is 2.69. The number of rotatable bonds is 1. The van der Waals surface area contributed by atoms with Crippen molar-refractivity contribution in [2.75, 3.05) is 0 Å². The minimum atomic E-state index is 0.576. The Labute approximate surface area is 119 Å². The molecular weight excluding hydrogens is 339 g/mol. The number of hydrogen-bond acceptors (Lipinski definition) is 1. The Morgan fingerprint density at radius 3 is 2.59 bits per heavy atom. The summed E-state index contributed by atoms with van der Waals surface area (Å²) in [4.78, 5) is 0. The van der Waals surface area contributed by atoms with Crippen LogP contribution in [0.15, 0.2) is 36.4 Å². The molecule has 2 heteroatoms. The average molecular weight is 352 g/mol. The van der Waals surface area contributed by atoms with Crippen LogP contribution in [0.5, 0.6) is 0 Å². The van der Waals surface area contributed by atoms with Crippen molar-refractivity contribution >= 4 is 54.1 Å². The summed E-state index contributed by atoms with van der Waals surface area (Å²) in [5.74, 6) is 0.576. The summed E-state index contributed by atoms with van der Waals surface area (Å²) < 4.78 is 4.20. The quantitative estimate of drug-likeness (QED) is 0.487. The zero-order chi connectivity index (χ0) is 12.0. The lowest BCUT2D eigenvalue weighted by molar-refractivity contribution is 0.877. The van der Waals surface area contributed by atoms with Gasteiger partial charge in [-0.2, -0.15) is 0 Å². The Morgan fingerprint density at radius 1 is 1.06 bits per heavy atom. The third-order valence-corrected chi connectivity index (χ3v) is 5.60. The van der Waals surface area contributed by atoms with E-state index in [0.29, 0.717) is 5.92 Å². The van der Waals surface area contributed by atoms with Crippen LogP contribution < -0.4 is 0 Å². The normalized spacial score (nSPS) is 11.8. The molecule has 0 atom stereocenters. The molecule has 0 saturated carbocycles. The SMILES string of the molecule is CC(C)c1ccc(I)c2sc3ccccc3c12. The van der Waals surface area contributed by atoms with Crippen molar-refractivity contribution in [3.8, 4) is 0 Å². The zero-order valence-electron chi connectivity index (χ0n) is 9.83. The zero-order valence-corrected chi connectivity index (χ0v) is 12.8. The van der Waals surface area contributed by atoms with Gasteiger partial charge in [0.1, 0.15) is 0 Å². The number of thiophene rings is 1. The smallest absolute Gasteiger partial charge is 0.0491 e. The topological polar surface area (TPSA) is 0 Å². The van der Waals surface area contributed by atoms with Crippen LogP contribution in [-0.2, 0) is 0 Å². The maximum absolute atomic E-state index is 2.44. The van der Waals surface area contributed by atoms with E-state index in [1.54, 1.807) is 0 Å². The maximum atomic E-state index is 2.44. The van der Waals surface area contributed by atoms with Gasteiger partial charge in [-0.15, -0.1) is 11.3 Å². The van der Waals surface area contributed by atoms with Crippen molar-refractivity contribution in [1.29, 1.82) is 0 Å². The third kappa shape index (κ3) is 1.78. The van der Waals surface area contributed by atoms with E-state index in [0.717, 1.165) is 0 Å². The second-order valence-corrected chi connectivity index (χ2v) is 6.81. The molecule has 0 spiro atoms. The fourth-order valence-electron chi connectivity index (χ4n) is 2.30. The molecule has 0 fully saturated rings. The maximum Gasteiger partial charge on any atom is 0.0491 e. The van der Waals surface area contributed by atoms with Crippen molar-refractivity contribution in [2.24, 2.45) is 0 Å². The molecule has 0 aliphatic heterocycles. The summed E-state index contributed by atoms with van der Waals surface area (Å²) in [7, 11) is 0. The molecule has 0 nitrogen and oxygen atoms in total. The first-order valence-electron chi connectivity index (χ1n) is 5.78. The van der Waals surface area contributed by atoms with Gasteiger partial charge in [0.2, 0.25) is 0 Å². The summed E-state index contributed by atoms with van der Waals surface area (Å²) in [5.41, 5.74) is 1.47. The van der Waals surface area contributed by atoms with Gasteiger partial charge in [-0.25, -0.2) is 0 Å². The summed E-state index contributed by atoms with van der Waals surface area (Å²) in [6.45, 7) is 4.54. The molecule has 0 saturated heterocycles. The van der Waals surface area contributed by atoms with E-state index in [1.165, 1.54) is 29.3 Å². The first-order valence-corrected chi connectivity index (χ1v) is 7.67. The number of benzene rings is 2. The van der Waals surface area contributed by atoms with E-state index in [2.05, 4.69) is 72.8 Å². The Balaban J connectivity index is 2.56. The molecule has 3 rings (SSSR count). The van der Waals surface area contributed by atoms with Crippen molar-refractivity contribution in [3.05, 3.63) is 45.5 Å². The Kier molecular flexibility index (Phi) is 2.87. The standard InChI is InChI=1S/C15H13IS/c1-9(2)10-7-8-12(16)15-14(10)11-5-3-4-6-13(11)17-15/h3-9H,1-2H3. The second-order valence-electron chi connectivity index (χ2n) is 4.59. The third-order valence-electron chi connectivity index (χ3n) is 3.13. The van der Waals surface area contributed by atoms with Gasteiger partial charge in [0.25, 0.3) is 0 Å². The van der Waals surface area contributed by atoms with Gasteiger partial charge < -0.3 is 0 Å². The van der Waals surface area contributed by atoms with Crippen LogP contribution in [0.3, 0.4) is 0 Å². The summed E-state index contributed by atoms with van der Waals surface area (Å²) >= 11 is 4.36. The predicted octanol–water partition coefficient (Wildman–Crippen LogP) is 5.78. The van der Waals surface area contributed by atoms with Crippen LogP contribution in [0.25, 0.3) is 20.2 Å². The van der Waals surface area contributed by atoms with Gasteiger partial charge in [0.05, 0.1) is 0 Å². The van der Waals surface area contributed by atoms with Crippen molar-refractivity contribution in [3.63, 3.8) is 0 Å². The van der Waals surface area contributed by atoms with E-state index in [1.807, 2.05) is 11.3 Å². The van der Waals surface area contributed by atoms with E-state index in [9.17, 15) is 0 Å². The molecule has 0 N–H and O–H groups in total. The van der Waals surface area contributed by atoms with Gasteiger partial charge in [-0.1, -0.05) is 38.1 Å². The highest BCUT2D eigenvalue weighted by atomic mass is 127. The van der Waals surface area contributed by atoms with Gasteiger partial charge in [0.15, 0.2) is 0 Å². The van der Waals surface area contributed by atoms with E-state index >= 15 is 0 Å². The summed E-state index contributed by atoms with van der Waals surface area (Å²) in [6.07, 6.45) is 0. The highest BCUT2D eigenvalue weighted by Gasteiger charge is 2.13. The summed E-state index contributed by atoms with van der Waals surface area (Å²) in [6, 6.07) is 13.3. The predicted molar refractivity (Wildman–Crippen MR) is 86.1 cm³/mol. The van der Waals surface area contributed by atoms with Gasteiger partial charge in [-0.05, 0) is 46.2 Å². The molecule has 0 unspecified atom stereocenters. The lowest BCUT2D eigenvalue weighted by Crippen LogP contribution is -1.88. The first-order chi connectivity index (χ1) is 8.18. The lowest BCUT2D eigenvalue weighted by Gasteiger charge is -2.08. The Bertz CT molecular complexity index is 695. The van der Waals surface area contributed by atoms with Gasteiger partial charge in [0, 0.05) is 23.7 Å². The molecule has 0 aliphatic rings. The largest absolute Gasteiger partial charge is 0.134 e. The fraction of sp³-hybridized carbons (Fsp3) is 0.200. The molecule has 0 bridgehead atoms. The van der Waals surface area contributed by atoms with Crippen molar-refractivity contribution < 1.29 is 0 Å². The van der Waals surface area contributed by atoms with Crippen molar-refractivity contribution in [1.82, 2.24) is 0 Å². The molecule has 1 aromatic heterocycles. The number of halogens is 1. The van der Waals surface area contributed by atoms with Crippen LogP contribution in [0.1, 0.15) is 25.3 Å². The highest BCUT2D eigenvalue weighted by Crippen LogP contribution is 2.40. The second kappa shape index (κ2) is 4.25.